The molecule has 21 heavy (non-hydrogen) atoms. The molecule has 0 saturated carbocycles. The maximum Gasteiger partial charge on any atom is 0.195 e. The van der Waals surface area contributed by atoms with Crippen molar-refractivity contribution >= 4 is 28.9 Å². The maximum absolute atomic E-state index is 12.9. The molecule has 3 nitrogen and oxygen atoms in total. The van der Waals surface area contributed by atoms with Gasteiger partial charge in [0.25, 0.3) is 0 Å². The second kappa shape index (κ2) is 7.47. The summed E-state index contributed by atoms with van der Waals surface area (Å²) < 4.78 is 6.25. The third-order valence-corrected chi connectivity index (χ3v) is 10.7. The van der Waals surface area contributed by atoms with Gasteiger partial charge in [0.1, 0.15) is 5.04 Å². The highest BCUT2D eigenvalue weighted by Gasteiger charge is 2.58. The monoisotopic (exact) mass is 326 g/mol. The zero-order valence-electron chi connectivity index (χ0n) is 14.6. The predicted octanol–water partition coefficient (Wildman–Crippen LogP) is 4.02. The zero-order chi connectivity index (χ0) is 17.0. The van der Waals surface area contributed by atoms with Crippen molar-refractivity contribution in [3.63, 3.8) is 0 Å². The van der Waals surface area contributed by atoms with Crippen molar-refractivity contribution in [2.45, 2.75) is 64.8 Å². The average Bonchev–Trinajstić information content (AvgIpc) is 2.31. The van der Waals surface area contributed by atoms with Gasteiger partial charge in [-0.2, -0.15) is 0 Å². The molecule has 0 saturated heterocycles. The van der Waals surface area contributed by atoms with Gasteiger partial charge in [-0.3, -0.25) is 9.59 Å². The Morgan fingerprint density at radius 1 is 1.10 bits per heavy atom. The molecule has 120 valence electrons. The fourth-order valence-electron chi connectivity index (χ4n) is 2.97. The van der Waals surface area contributed by atoms with Crippen LogP contribution in [-0.4, -0.2) is 28.9 Å². The number of rotatable bonds is 9. The Balaban J connectivity index is 6.28. The van der Waals surface area contributed by atoms with E-state index in [2.05, 4.69) is 26.3 Å². The summed E-state index contributed by atoms with van der Waals surface area (Å²) in [6, 6.07) is 0. The summed E-state index contributed by atoms with van der Waals surface area (Å²) >= 11 is 0. The molecule has 0 spiro atoms. The average molecular weight is 327 g/mol. The summed E-state index contributed by atoms with van der Waals surface area (Å²) in [6.07, 6.45) is 1.25. The van der Waals surface area contributed by atoms with Gasteiger partial charge < -0.3 is 4.12 Å². The molecule has 0 heterocycles. The van der Waals surface area contributed by atoms with Gasteiger partial charge in [-0.05, 0) is 57.6 Å². The smallest absolute Gasteiger partial charge is 0.195 e. The molecule has 0 aliphatic carbocycles. The highest BCUT2D eigenvalue weighted by molar-refractivity contribution is 6.87. The van der Waals surface area contributed by atoms with Crippen LogP contribution in [0, 0.1) is 0 Å². The molecule has 0 unspecified atom stereocenters. The largest absolute Gasteiger partial charge is 0.457 e. The first-order chi connectivity index (χ1) is 9.44. The Bertz CT molecular complexity index is 424. The summed E-state index contributed by atoms with van der Waals surface area (Å²) in [5.41, 5.74) is 0.847. The van der Waals surface area contributed by atoms with Crippen LogP contribution in [0.1, 0.15) is 33.6 Å². The minimum atomic E-state index is -2.58. The van der Waals surface area contributed by atoms with E-state index in [-0.39, 0.29) is 11.6 Å². The molecule has 5 heteroatoms. The number of carbonyl (C=O) groups excluding carboxylic acids is 2. The number of hydrogen-bond acceptors (Lipinski definition) is 3. The van der Waals surface area contributed by atoms with E-state index in [1.165, 1.54) is 0 Å². The van der Waals surface area contributed by atoms with Crippen molar-refractivity contribution < 1.29 is 13.7 Å². The van der Waals surface area contributed by atoms with Gasteiger partial charge >= 0.3 is 0 Å². The van der Waals surface area contributed by atoms with E-state index in [0.29, 0.717) is 17.6 Å². The van der Waals surface area contributed by atoms with Crippen LogP contribution in [0.4, 0.5) is 0 Å². The molecule has 0 radical (unpaired) electrons. The number of ketones is 2. The van der Waals surface area contributed by atoms with Crippen molar-refractivity contribution in [3.8, 4) is 0 Å². The van der Waals surface area contributed by atoms with Crippen LogP contribution in [-0.2, 0) is 13.7 Å². The third kappa shape index (κ3) is 4.11. The van der Waals surface area contributed by atoms with E-state index in [4.69, 9.17) is 4.12 Å². The normalized spacial score (nSPS) is 12.4. The lowest BCUT2D eigenvalue weighted by atomic mass is 9.86. The van der Waals surface area contributed by atoms with Crippen molar-refractivity contribution in [3.05, 3.63) is 24.3 Å². The van der Waals surface area contributed by atoms with E-state index in [1.54, 1.807) is 13.8 Å². The number of allylic oxidation sites excluding steroid dienone is 2. The first-order valence-corrected chi connectivity index (χ1v) is 13.2. The number of carbonyl (C=O) groups is 2. The third-order valence-electron chi connectivity index (χ3n) is 3.73. The minimum Gasteiger partial charge on any atom is -0.457 e. The summed E-state index contributed by atoms with van der Waals surface area (Å²) in [7, 11) is -3.95. The Morgan fingerprint density at radius 3 is 1.71 bits per heavy atom. The van der Waals surface area contributed by atoms with Gasteiger partial charge in [-0.1, -0.05) is 26.5 Å². The van der Waals surface area contributed by atoms with E-state index in [1.807, 2.05) is 20.0 Å². The Hall–Kier alpha value is -0.786. The van der Waals surface area contributed by atoms with Gasteiger partial charge in [-0.15, -0.1) is 0 Å². The van der Waals surface area contributed by atoms with Crippen LogP contribution in [0.25, 0.3) is 0 Å². The highest BCUT2D eigenvalue weighted by Crippen LogP contribution is 2.48. The standard InChI is InChI=1S/C16H30O3Si2/c1-10-11-16(14(17)12(2)3,15(18)13(4)5)21(8,9)19-20(6)7/h20H,2,4,10-11H2,1,3,5-9H3. The van der Waals surface area contributed by atoms with Gasteiger partial charge in [0.2, 0.25) is 0 Å². The van der Waals surface area contributed by atoms with E-state index in [9.17, 15) is 9.59 Å². The minimum absolute atomic E-state index is 0.163. The van der Waals surface area contributed by atoms with Crippen LogP contribution < -0.4 is 0 Å². The van der Waals surface area contributed by atoms with Crippen molar-refractivity contribution in [1.82, 2.24) is 0 Å². The molecule has 0 atom stereocenters. The molecule has 0 rings (SSSR count). The van der Waals surface area contributed by atoms with Crippen LogP contribution in [0.2, 0.25) is 31.2 Å². The highest BCUT2D eigenvalue weighted by atomic mass is 28.4. The fraction of sp³-hybridized carbons (Fsp3) is 0.625. The van der Waals surface area contributed by atoms with Gasteiger partial charge in [0.15, 0.2) is 28.9 Å². The van der Waals surface area contributed by atoms with E-state index >= 15 is 0 Å². The summed E-state index contributed by atoms with van der Waals surface area (Å²) in [5, 5.41) is -1.09. The van der Waals surface area contributed by atoms with Gasteiger partial charge in [0.05, 0.1) is 0 Å². The van der Waals surface area contributed by atoms with Crippen molar-refractivity contribution in [2.24, 2.45) is 0 Å². The van der Waals surface area contributed by atoms with E-state index < -0.39 is 22.4 Å². The molecule has 0 fully saturated rings. The van der Waals surface area contributed by atoms with Crippen molar-refractivity contribution in [2.75, 3.05) is 0 Å². The molecule has 0 N–H and O–H groups in total. The number of hydrogen-bond donors (Lipinski definition) is 0. The molecule has 0 bridgehead atoms. The molecule has 0 aromatic heterocycles. The van der Waals surface area contributed by atoms with Gasteiger partial charge in [-0.25, -0.2) is 0 Å². The van der Waals surface area contributed by atoms with Gasteiger partial charge in [0, 0.05) is 0 Å². The Morgan fingerprint density at radius 2 is 1.48 bits per heavy atom. The lowest BCUT2D eigenvalue weighted by molar-refractivity contribution is -0.128. The molecule has 0 aromatic rings. The van der Waals surface area contributed by atoms with Crippen LogP contribution in [0.5, 0.6) is 0 Å². The molecule has 0 aliphatic heterocycles. The lowest BCUT2D eigenvalue weighted by Gasteiger charge is -2.44. The molecule has 0 amide bonds. The second-order valence-electron chi connectivity index (χ2n) is 6.55. The zero-order valence-corrected chi connectivity index (χ0v) is 16.8. The predicted molar refractivity (Wildman–Crippen MR) is 94.7 cm³/mol. The summed E-state index contributed by atoms with van der Waals surface area (Å²) in [6.45, 7) is 21.0. The van der Waals surface area contributed by atoms with E-state index in [0.717, 1.165) is 6.42 Å². The number of Topliss-reactive ketones (excluding diaryl/α,β-unsaturated/α-hetero) is 2. The lowest BCUT2D eigenvalue weighted by Crippen LogP contribution is -2.56. The quantitative estimate of drug-likeness (QED) is 0.365. The van der Waals surface area contributed by atoms with Crippen LogP contribution in [0.3, 0.4) is 0 Å². The van der Waals surface area contributed by atoms with Crippen LogP contribution >= 0.6 is 0 Å². The van der Waals surface area contributed by atoms with Crippen molar-refractivity contribution in [1.29, 1.82) is 0 Å². The van der Waals surface area contributed by atoms with Crippen LogP contribution in [0.15, 0.2) is 24.3 Å². The molecular formula is C16H30O3Si2. The summed E-state index contributed by atoms with van der Waals surface area (Å²) in [5.74, 6) is -0.327. The second-order valence-corrected chi connectivity index (χ2v) is 13.5. The molecular weight excluding hydrogens is 296 g/mol. The Kier molecular flexibility index (Phi) is 7.19. The topological polar surface area (TPSA) is 43.4 Å². The molecule has 0 aromatic carbocycles. The summed E-state index contributed by atoms with van der Waals surface area (Å²) in [4.78, 5) is 25.9. The fourth-order valence-corrected chi connectivity index (χ4v) is 10.9. The first-order valence-electron chi connectivity index (χ1n) is 7.52. The maximum atomic E-state index is 12.9. The SMILES string of the molecule is C=C(C)C(=O)C(CCC)(C(=O)C(=C)C)[Si](C)(C)O[SiH](C)C. The molecule has 0 aliphatic rings. The first kappa shape index (κ1) is 20.2. The Labute approximate surface area is 132 Å².